The van der Waals surface area contributed by atoms with Gasteiger partial charge < -0.3 is 4.43 Å². The summed E-state index contributed by atoms with van der Waals surface area (Å²) in [6, 6.07) is 0. The zero-order valence-corrected chi connectivity index (χ0v) is 14.2. The van der Waals surface area contributed by atoms with Gasteiger partial charge in [-0.3, -0.25) is 0 Å². The monoisotopic (exact) mass is 293 g/mol. The summed E-state index contributed by atoms with van der Waals surface area (Å²) in [5.74, 6) is 0. The van der Waals surface area contributed by atoms with Gasteiger partial charge in [-0.15, -0.1) is 0 Å². The molecule has 0 radical (unpaired) electrons. The van der Waals surface area contributed by atoms with Crippen LogP contribution in [-0.2, 0) is 14.4 Å². The first-order chi connectivity index (χ1) is 7.88. The van der Waals surface area contributed by atoms with Crippen LogP contribution < -0.4 is 5.14 Å². The van der Waals surface area contributed by atoms with E-state index in [0.717, 1.165) is 0 Å². The van der Waals surface area contributed by atoms with Crippen LogP contribution in [-0.4, -0.2) is 22.0 Å². The SMILES string of the molecule is C[C@@H](CCC=CO[Si](C)(C)C(C)(C)C)S(N)(=O)=O. The van der Waals surface area contributed by atoms with Gasteiger partial charge in [-0.25, -0.2) is 13.6 Å². The van der Waals surface area contributed by atoms with Gasteiger partial charge in [0.25, 0.3) is 0 Å². The molecule has 0 aromatic rings. The van der Waals surface area contributed by atoms with E-state index in [9.17, 15) is 8.42 Å². The van der Waals surface area contributed by atoms with Crippen molar-refractivity contribution in [2.24, 2.45) is 5.14 Å². The van der Waals surface area contributed by atoms with Crippen molar-refractivity contribution in [3.8, 4) is 0 Å². The van der Waals surface area contributed by atoms with Gasteiger partial charge in [-0.1, -0.05) is 26.8 Å². The molecule has 0 aromatic carbocycles. The zero-order valence-electron chi connectivity index (χ0n) is 12.4. The maximum absolute atomic E-state index is 11.0. The van der Waals surface area contributed by atoms with Gasteiger partial charge in [0.2, 0.25) is 18.3 Å². The van der Waals surface area contributed by atoms with E-state index < -0.39 is 23.6 Å². The number of rotatable bonds is 6. The van der Waals surface area contributed by atoms with Gasteiger partial charge in [0.05, 0.1) is 11.5 Å². The first-order valence-electron chi connectivity index (χ1n) is 6.22. The second-order valence-corrected chi connectivity index (χ2v) is 13.0. The van der Waals surface area contributed by atoms with Crippen molar-refractivity contribution in [2.45, 2.75) is 63.9 Å². The van der Waals surface area contributed by atoms with Gasteiger partial charge in [0, 0.05) is 0 Å². The maximum atomic E-state index is 11.0. The molecule has 0 heterocycles. The number of hydrogen-bond acceptors (Lipinski definition) is 3. The predicted molar refractivity (Wildman–Crippen MR) is 79.2 cm³/mol. The van der Waals surface area contributed by atoms with Crippen LogP contribution in [0.3, 0.4) is 0 Å². The molecule has 0 amide bonds. The summed E-state index contributed by atoms with van der Waals surface area (Å²) in [5.41, 5.74) is 0. The molecule has 1 atom stereocenters. The summed E-state index contributed by atoms with van der Waals surface area (Å²) in [5, 5.41) is 4.71. The molecule has 0 saturated carbocycles. The Morgan fingerprint density at radius 2 is 1.83 bits per heavy atom. The third-order valence-electron chi connectivity index (χ3n) is 3.57. The number of nitrogens with two attached hydrogens (primary N) is 1. The van der Waals surface area contributed by atoms with Crippen LogP contribution in [0, 0.1) is 0 Å². The van der Waals surface area contributed by atoms with Crippen LogP contribution in [0.5, 0.6) is 0 Å². The molecule has 0 bridgehead atoms. The second kappa shape index (κ2) is 6.21. The Morgan fingerprint density at radius 1 is 1.33 bits per heavy atom. The highest BCUT2D eigenvalue weighted by atomic mass is 32.2. The summed E-state index contributed by atoms with van der Waals surface area (Å²) in [7, 11) is -5.16. The smallest absolute Gasteiger partial charge is 0.249 e. The van der Waals surface area contributed by atoms with Crippen LogP contribution >= 0.6 is 0 Å². The van der Waals surface area contributed by atoms with Crippen LogP contribution in [0.25, 0.3) is 0 Å². The summed E-state index contributed by atoms with van der Waals surface area (Å²) in [6.45, 7) is 12.5. The zero-order chi connectivity index (χ0) is 14.6. The summed E-state index contributed by atoms with van der Waals surface area (Å²) in [6.07, 6.45) is 4.78. The molecule has 0 aliphatic rings. The van der Waals surface area contributed by atoms with E-state index in [1.165, 1.54) is 0 Å². The highest BCUT2D eigenvalue weighted by Crippen LogP contribution is 2.36. The van der Waals surface area contributed by atoms with E-state index in [4.69, 9.17) is 9.56 Å². The second-order valence-electron chi connectivity index (χ2n) is 6.23. The third kappa shape index (κ3) is 6.02. The molecule has 0 aliphatic heterocycles. The van der Waals surface area contributed by atoms with Crippen molar-refractivity contribution in [1.29, 1.82) is 0 Å². The highest BCUT2D eigenvalue weighted by molar-refractivity contribution is 7.89. The van der Waals surface area contributed by atoms with Gasteiger partial charge in [-0.05, 0) is 37.9 Å². The molecule has 0 aliphatic carbocycles. The Labute approximate surface area is 113 Å². The highest BCUT2D eigenvalue weighted by Gasteiger charge is 2.37. The minimum atomic E-state index is -3.41. The fourth-order valence-corrected chi connectivity index (χ4v) is 2.21. The van der Waals surface area contributed by atoms with Gasteiger partial charge in [0.15, 0.2) is 0 Å². The predicted octanol–water partition coefficient (Wildman–Crippen LogP) is 2.98. The molecule has 0 unspecified atom stereocenters. The van der Waals surface area contributed by atoms with Crippen molar-refractivity contribution < 1.29 is 12.8 Å². The topological polar surface area (TPSA) is 69.4 Å². The van der Waals surface area contributed by atoms with Crippen molar-refractivity contribution in [3.05, 3.63) is 12.3 Å². The van der Waals surface area contributed by atoms with Gasteiger partial charge in [0.1, 0.15) is 0 Å². The van der Waals surface area contributed by atoms with E-state index in [2.05, 4.69) is 33.9 Å². The Morgan fingerprint density at radius 3 is 2.22 bits per heavy atom. The van der Waals surface area contributed by atoms with Crippen LogP contribution in [0.2, 0.25) is 18.1 Å². The van der Waals surface area contributed by atoms with Crippen LogP contribution in [0.15, 0.2) is 12.3 Å². The quantitative estimate of drug-likeness (QED) is 0.604. The molecule has 2 N–H and O–H groups in total. The summed E-state index contributed by atoms with van der Waals surface area (Å²) >= 11 is 0. The van der Waals surface area contributed by atoms with Crippen LogP contribution in [0.1, 0.15) is 40.5 Å². The average molecular weight is 294 g/mol. The first kappa shape index (κ1) is 17.7. The largest absolute Gasteiger partial charge is 0.549 e. The molecule has 108 valence electrons. The Kier molecular flexibility index (Phi) is 6.09. The lowest BCUT2D eigenvalue weighted by Crippen LogP contribution is -2.39. The lowest BCUT2D eigenvalue weighted by atomic mass is 10.2. The van der Waals surface area contributed by atoms with E-state index in [1.54, 1.807) is 13.2 Å². The number of allylic oxidation sites excluding steroid dienone is 1. The fourth-order valence-electron chi connectivity index (χ4n) is 0.958. The standard InChI is InChI=1S/C12H27NO3SSi/c1-11(17(13,14)15)9-7-8-10-16-18(5,6)12(2,3)4/h8,10-11H,7,9H2,1-6H3,(H2,13,14,15)/t11-/m0/s1. The molecule has 4 nitrogen and oxygen atoms in total. The molecule has 0 aromatic heterocycles. The molecule has 0 saturated heterocycles. The lowest BCUT2D eigenvalue weighted by molar-refractivity contribution is 0.428. The van der Waals surface area contributed by atoms with E-state index in [0.29, 0.717) is 12.8 Å². The average Bonchev–Trinajstić information content (AvgIpc) is 2.13. The summed E-state index contributed by atoms with van der Waals surface area (Å²) < 4.78 is 27.9. The van der Waals surface area contributed by atoms with Crippen molar-refractivity contribution >= 4 is 18.3 Å². The Bertz CT molecular complexity index is 383. The van der Waals surface area contributed by atoms with E-state index in [1.807, 2.05) is 6.08 Å². The molecule has 0 fully saturated rings. The Balaban J connectivity index is 4.15. The van der Waals surface area contributed by atoms with Crippen molar-refractivity contribution in [1.82, 2.24) is 0 Å². The number of primary sulfonamides is 1. The molecule has 0 rings (SSSR count). The van der Waals surface area contributed by atoms with Crippen molar-refractivity contribution in [2.75, 3.05) is 0 Å². The molecular weight excluding hydrogens is 266 g/mol. The van der Waals surface area contributed by atoms with E-state index >= 15 is 0 Å². The van der Waals surface area contributed by atoms with Crippen molar-refractivity contribution in [3.63, 3.8) is 0 Å². The van der Waals surface area contributed by atoms with E-state index in [-0.39, 0.29) is 5.04 Å². The van der Waals surface area contributed by atoms with Gasteiger partial charge in [-0.2, -0.15) is 0 Å². The molecular formula is C12H27NO3SSi. The molecule has 18 heavy (non-hydrogen) atoms. The molecule has 6 heteroatoms. The minimum absolute atomic E-state index is 0.172. The third-order valence-corrected chi connectivity index (χ3v) is 9.26. The Hall–Kier alpha value is -0.333. The lowest BCUT2D eigenvalue weighted by Gasteiger charge is -2.34. The first-order valence-corrected chi connectivity index (χ1v) is 10.7. The van der Waals surface area contributed by atoms with Gasteiger partial charge >= 0.3 is 0 Å². The number of hydrogen-bond donors (Lipinski definition) is 1. The fraction of sp³-hybridized carbons (Fsp3) is 0.833. The maximum Gasteiger partial charge on any atom is 0.249 e. The normalized spacial score (nSPS) is 15.9. The van der Waals surface area contributed by atoms with Crippen LogP contribution in [0.4, 0.5) is 0 Å². The molecule has 0 spiro atoms. The number of sulfonamides is 1. The summed E-state index contributed by atoms with van der Waals surface area (Å²) in [4.78, 5) is 0. The minimum Gasteiger partial charge on any atom is -0.549 e.